The summed E-state index contributed by atoms with van der Waals surface area (Å²) in [6.45, 7) is 2.29. The summed E-state index contributed by atoms with van der Waals surface area (Å²) in [5.74, 6) is 0.355. The zero-order chi connectivity index (χ0) is 20.4. The lowest BCUT2D eigenvalue weighted by atomic mass is 10.2. The Labute approximate surface area is 175 Å². The van der Waals surface area contributed by atoms with Crippen LogP contribution in [-0.2, 0) is 6.42 Å². The van der Waals surface area contributed by atoms with E-state index in [4.69, 9.17) is 16.7 Å². The monoisotopic (exact) mass is 435 g/mol. The number of urea groups is 1. The number of aliphatic hydroxyl groups is 1. The minimum Gasteiger partial charge on any atom is -0.396 e. The van der Waals surface area contributed by atoms with Crippen LogP contribution in [-0.4, -0.2) is 58.8 Å². The minimum absolute atomic E-state index is 0.0503. The van der Waals surface area contributed by atoms with Gasteiger partial charge in [0.15, 0.2) is 5.13 Å². The Morgan fingerprint density at radius 2 is 2.07 bits per heavy atom. The normalized spacial score (nSPS) is 14.4. The number of nitrogens with one attached hydrogen (secondary N) is 1. The Hall–Kier alpha value is -2.49. The van der Waals surface area contributed by atoms with Crippen molar-refractivity contribution in [1.29, 1.82) is 0 Å². The van der Waals surface area contributed by atoms with Crippen molar-refractivity contribution < 1.29 is 14.3 Å². The van der Waals surface area contributed by atoms with Gasteiger partial charge < -0.3 is 14.9 Å². The highest BCUT2D eigenvalue weighted by molar-refractivity contribution is 7.22. The summed E-state index contributed by atoms with van der Waals surface area (Å²) < 4.78 is 14.0. The number of thiazole rings is 1. The molecule has 3 aromatic rings. The number of hydrogen-bond acceptors (Lipinski definition) is 6. The first-order valence-electron chi connectivity index (χ1n) is 9.16. The second kappa shape index (κ2) is 8.48. The molecule has 2 N–H and O–H groups in total. The van der Waals surface area contributed by atoms with Crippen molar-refractivity contribution in [2.24, 2.45) is 0 Å². The third kappa shape index (κ3) is 4.42. The molecule has 0 spiro atoms. The number of carbonyl (C=O) groups is 1. The van der Waals surface area contributed by atoms with Crippen molar-refractivity contribution in [2.75, 3.05) is 43.0 Å². The molecule has 0 atom stereocenters. The van der Waals surface area contributed by atoms with Gasteiger partial charge in [0.2, 0.25) is 0 Å². The van der Waals surface area contributed by atoms with Crippen molar-refractivity contribution in [1.82, 2.24) is 14.9 Å². The molecule has 0 saturated carbocycles. The van der Waals surface area contributed by atoms with Gasteiger partial charge in [-0.3, -0.25) is 5.32 Å². The molecule has 4 rings (SSSR count). The van der Waals surface area contributed by atoms with E-state index in [0.29, 0.717) is 58.8 Å². The summed E-state index contributed by atoms with van der Waals surface area (Å²) in [6, 6.07) is 5.93. The van der Waals surface area contributed by atoms with E-state index in [1.165, 1.54) is 23.5 Å². The highest BCUT2D eigenvalue weighted by Gasteiger charge is 2.24. The number of benzene rings is 1. The van der Waals surface area contributed by atoms with Crippen molar-refractivity contribution >= 4 is 50.1 Å². The van der Waals surface area contributed by atoms with Crippen LogP contribution in [0.4, 0.5) is 20.1 Å². The smallest absolute Gasteiger partial charge is 0.323 e. The molecule has 0 unspecified atom stereocenters. The van der Waals surface area contributed by atoms with Gasteiger partial charge in [0, 0.05) is 39.0 Å². The SMILES string of the molecule is O=C(Nc1nc2ccc(F)cc2s1)N1CCN(c2ncc(CCO)cc2Cl)CC1. The third-order valence-electron chi connectivity index (χ3n) is 4.71. The highest BCUT2D eigenvalue weighted by Crippen LogP contribution is 2.28. The van der Waals surface area contributed by atoms with Crippen LogP contribution < -0.4 is 10.2 Å². The van der Waals surface area contributed by atoms with E-state index >= 15 is 0 Å². The molecule has 1 fully saturated rings. The predicted molar refractivity (Wildman–Crippen MR) is 112 cm³/mol. The molecule has 29 heavy (non-hydrogen) atoms. The summed E-state index contributed by atoms with van der Waals surface area (Å²) >= 11 is 7.59. The number of halogens is 2. The summed E-state index contributed by atoms with van der Waals surface area (Å²) in [7, 11) is 0. The molecule has 3 heterocycles. The lowest BCUT2D eigenvalue weighted by Crippen LogP contribution is -2.50. The van der Waals surface area contributed by atoms with Crippen LogP contribution in [0.25, 0.3) is 10.2 Å². The number of hydrogen-bond donors (Lipinski definition) is 2. The van der Waals surface area contributed by atoms with Gasteiger partial charge >= 0.3 is 6.03 Å². The topological polar surface area (TPSA) is 81.6 Å². The van der Waals surface area contributed by atoms with Crippen LogP contribution in [0.1, 0.15) is 5.56 Å². The number of carbonyl (C=O) groups excluding carboxylic acids is 1. The molecule has 0 radical (unpaired) electrons. The Balaban J connectivity index is 1.36. The van der Waals surface area contributed by atoms with Gasteiger partial charge in [-0.1, -0.05) is 22.9 Å². The van der Waals surface area contributed by atoms with E-state index in [1.807, 2.05) is 11.0 Å². The molecular formula is C19H19ClFN5O2S. The van der Waals surface area contributed by atoms with Crippen LogP contribution >= 0.6 is 22.9 Å². The zero-order valence-corrected chi connectivity index (χ0v) is 17.0. The molecule has 0 aliphatic carbocycles. The average Bonchev–Trinajstić information content (AvgIpc) is 3.10. The van der Waals surface area contributed by atoms with Gasteiger partial charge in [-0.2, -0.15) is 0 Å². The lowest BCUT2D eigenvalue weighted by Gasteiger charge is -2.35. The summed E-state index contributed by atoms with van der Waals surface area (Å²) in [4.78, 5) is 25.0. The molecule has 2 amide bonds. The number of nitrogens with zero attached hydrogens (tertiary/aromatic N) is 4. The van der Waals surface area contributed by atoms with Crippen LogP contribution in [0.15, 0.2) is 30.5 Å². The first kappa shape index (κ1) is 19.8. The number of aliphatic hydroxyl groups excluding tert-OH is 1. The van der Waals surface area contributed by atoms with Gasteiger partial charge in [0.25, 0.3) is 0 Å². The van der Waals surface area contributed by atoms with Gasteiger partial charge in [0.05, 0.1) is 15.2 Å². The Morgan fingerprint density at radius 3 is 2.79 bits per heavy atom. The van der Waals surface area contributed by atoms with Crippen LogP contribution in [0.2, 0.25) is 5.02 Å². The van der Waals surface area contributed by atoms with E-state index in [9.17, 15) is 9.18 Å². The number of aromatic nitrogens is 2. The van der Waals surface area contributed by atoms with Crippen molar-refractivity contribution in [3.05, 3.63) is 46.9 Å². The van der Waals surface area contributed by atoms with Gasteiger partial charge in [-0.25, -0.2) is 19.2 Å². The van der Waals surface area contributed by atoms with Gasteiger partial charge in [-0.05, 0) is 36.2 Å². The van der Waals surface area contributed by atoms with Gasteiger partial charge in [0.1, 0.15) is 11.6 Å². The molecule has 152 valence electrons. The number of anilines is 2. The fraction of sp³-hybridized carbons (Fsp3) is 0.316. The van der Waals surface area contributed by atoms with Crippen molar-refractivity contribution in [3.63, 3.8) is 0 Å². The first-order valence-corrected chi connectivity index (χ1v) is 10.3. The Morgan fingerprint density at radius 1 is 1.28 bits per heavy atom. The molecule has 10 heteroatoms. The highest BCUT2D eigenvalue weighted by atomic mass is 35.5. The van der Waals surface area contributed by atoms with E-state index in [1.54, 1.807) is 17.2 Å². The van der Waals surface area contributed by atoms with E-state index in [2.05, 4.69) is 15.3 Å². The zero-order valence-electron chi connectivity index (χ0n) is 15.4. The Kier molecular flexibility index (Phi) is 5.79. The minimum atomic E-state index is -0.327. The standard InChI is InChI=1S/C19H19ClFN5O2S/c20-14-9-12(3-8-27)11-22-17(14)25-4-6-26(7-5-25)19(28)24-18-23-15-2-1-13(21)10-16(15)29-18/h1-2,9-11,27H,3-8H2,(H,23,24,28). The number of fused-ring (bicyclic) bond motifs is 1. The number of rotatable bonds is 4. The fourth-order valence-electron chi connectivity index (χ4n) is 3.21. The molecule has 1 saturated heterocycles. The van der Waals surface area contributed by atoms with E-state index in [0.717, 1.165) is 5.56 Å². The van der Waals surface area contributed by atoms with Crippen molar-refractivity contribution in [2.45, 2.75) is 6.42 Å². The largest absolute Gasteiger partial charge is 0.396 e. The second-order valence-electron chi connectivity index (χ2n) is 6.66. The number of piperazine rings is 1. The predicted octanol–water partition coefficient (Wildman–Crippen LogP) is 3.37. The van der Waals surface area contributed by atoms with Gasteiger partial charge in [-0.15, -0.1) is 0 Å². The molecule has 1 aromatic carbocycles. The van der Waals surface area contributed by atoms with Crippen LogP contribution in [0.5, 0.6) is 0 Å². The maximum absolute atomic E-state index is 13.3. The average molecular weight is 436 g/mol. The quantitative estimate of drug-likeness (QED) is 0.656. The number of pyridine rings is 1. The maximum atomic E-state index is 13.3. The Bertz CT molecular complexity index is 1040. The third-order valence-corrected chi connectivity index (χ3v) is 5.92. The number of amides is 2. The summed E-state index contributed by atoms with van der Waals surface area (Å²) in [5.41, 5.74) is 1.54. The van der Waals surface area contributed by atoms with Crippen molar-refractivity contribution in [3.8, 4) is 0 Å². The first-order chi connectivity index (χ1) is 14.0. The maximum Gasteiger partial charge on any atom is 0.323 e. The van der Waals surface area contributed by atoms with E-state index < -0.39 is 0 Å². The van der Waals surface area contributed by atoms with Crippen LogP contribution in [0, 0.1) is 5.82 Å². The summed E-state index contributed by atoms with van der Waals surface area (Å²) in [6.07, 6.45) is 2.23. The molecule has 0 bridgehead atoms. The van der Waals surface area contributed by atoms with E-state index in [-0.39, 0.29) is 18.5 Å². The second-order valence-corrected chi connectivity index (χ2v) is 8.10. The lowest BCUT2D eigenvalue weighted by molar-refractivity contribution is 0.208. The summed E-state index contributed by atoms with van der Waals surface area (Å²) in [5, 5.41) is 12.8. The molecule has 1 aliphatic rings. The molecule has 7 nitrogen and oxygen atoms in total. The molecular weight excluding hydrogens is 417 g/mol. The molecule has 2 aromatic heterocycles. The fourth-order valence-corrected chi connectivity index (χ4v) is 4.40. The molecule has 1 aliphatic heterocycles. The van der Waals surface area contributed by atoms with Crippen LogP contribution in [0.3, 0.4) is 0 Å².